The highest BCUT2D eigenvalue weighted by molar-refractivity contribution is 9.10. The van der Waals surface area contributed by atoms with Crippen LogP contribution in [0.5, 0.6) is 0 Å². The zero-order valence-electron chi connectivity index (χ0n) is 11.7. The standard InChI is InChI=1S/C17H11BrN2O2/c1-10-5-6-16(22-10)15-8-13(14(9-19)17(21)20-15)11-3-2-4-12(18)7-11/h2-8H,1H3,(H,20,21). The van der Waals surface area contributed by atoms with Gasteiger partial charge in [0.1, 0.15) is 17.4 Å². The van der Waals surface area contributed by atoms with Gasteiger partial charge in [-0.05, 0) is 42.8 Å². The number of furan rings is 1. The van der Waals surface area contributed by atoms with E-state index in [1.54, 1.807) is 12.1 Å². The number of aryl methyl sites for hydroxylation is 1. The molecule has 2 aromatic heterocycles. The number of nitriles is 1. The number of nitrogens with one attached hydrogen (secondary N) is 1. The summed E-state index contributed by atoms with van der Waals surface area (Å²) in [4.78, 5) is 14.9. The van der Waals surface area contributed by atoms with Crippen LogP contribution in [0.3, 0.4) is 0 Å². The molecule has 1 aromatic carbocycles. The summed E-state index contributed by atoms with van der Waals surface area (Å²) >= 11 is 3.40. The van der Waals surface area contributed by atoms with Gasteiger partial charge >= 0.3 is 0 Å². The fourth-order valence-electron chi connectivity index (χ4n) is 2.27. The Labute approximate surface area is 135 Å². The molecule has 3 aromatic rings. The van der Waals surface area contributed by atoms with E-state index in [-0.39, 0.29) is 5.56 Å². The Hall–Kier alpha value is -2.58. The normalized spacial score (nSPS) is 10.4. The van der Waals surface area contributed by atoms with E-state index < -0.39 is 5.56 Å². The number of nitrogens with zero attached hydrogens (tertiary/aromatic N) is 1. The van der Waals surface area contributed by atoms with Crippen molar-refractivity contribution in [2.75, 3.05) is 0 Å². The van der Waals surface area contributed by atoms with Crippen molar-refractivity contribution < 1.29 is 4.42 Å². The molecule has 5 heteroatoms. The summed E-state index contributed by atoms with van der Waals surface area (Å²) in [5.74, 6) is 1.32. The fraction of sp³-hybridized carbons (Fsp3) is 0.0588. The van der Waals surface area contributed by atoms with Crippen LogP contribution in [0.2, 0.25) is 0 Å². The Balaban J connectivity index is 2.26. The molecule has 22 heavy (non-hydrogen) atoms. The SMILES string of the molecule is Cc1ccc(-c2cc(-c3cccc(Br)c3)c(C#N)c(=O)[nH]2)o1. The van der Waals surface area contributed by atoms with E-state index in [0.29, 0.717) is 17.0 Å². The Morgan fingerprint density at radius 3 is 2.68 bits per heavy atom. The second-order valence-corrected chi connectivity index (χ2v) is 5.75. The van der Waals surface area contributed by atoms with E-state index >= 15 is 0 Å². The van der Waals surface area contributed by atoms with E-state index in [2.05, 4.69) is 20.9 Å². The Bertz CT molecular complexity index is 948. The molecule has 0 fully saturated rings. The molecular formula is C17H11BrN2O2. The van der Waals surface area contributed by atoms with Gasteiger partial charge in [-0.25, -0.2) is 0 Å². The van der Waals surface area contributed by atoms with Gasteiger partial charge in [0, 0.05) is 10.0 Å². The first-order valence-corrected chi connectivity index (χ1v) is 7.38. The molecule has 0 aliphatic heterocycles. The zero-order chi connectivity index (χ0) is 15.7. The van der Waals surface area contributed by atoms with Gasteiger partial charge in [-0.2, -0.15) is 5.26 Å². The largest absolute Gasteiger partial charge is 0.460 e. The van der Waals surface area contributed by atoms with Crippen LogP contribution < -0.4 is 5.56 Å². The molecule has 1 N–H and O–H groups in total. The molecule has 0 saturated heterocycles. The minimum Gasteiger partial charge on any atom is -0.460 e. The van der Waals surface area contributed by atoms with Crippen LogP contribution in [0.1, 0.15) is 11.3 Å². The monoisotopic (exact) mass is 354 g/mol. The molecule has 108 valence electrons. The highest BCUT2D eigenvalue weighted by Crippen LogP contribution is 2.28. The van der Waals surface area contributed by atoms with Gasteiger partial charge in [-0.3, -0.25) is 4.79 Å². The molecule has 0 saturated carbocycles. The summed E-state index contributed by atoms with van der Waals surface area (Å²) in [6.07, 6.45) is 0. The third-order valence-corrected chi connectivity index (χ3v) is 3.78. The van der Waals surface area contributed by atoms with Crippen LogP contribution >= 0.6 is 15.9 Å². The van der Waals surface area contributed by atoms with Gasteiger partial charge in [0.15, 0.2) is 5.76 Å². The van der Waals surface area contributed by atoms with Crippen molar-refractivity contribution in [3.05, 3.63) is 68.6 Å². The maximum atomic E-state index is 12.2. The summed E-state index contributed by atoms with van der Waals surface area (Å²) in [7, 11) is 0. The Morgan fingerprint density at radius 2 is 2.05 bits per heavy atom. The second kappa shape index (κ2) is 5.66. The van der Waals surface area contributed by atoms with Gasteiger partial charge in [-0.1, -0.05) is 28.1 Å². The van der Waals surface area contributed by atoms with Gasteiger partial charge in [-0.15, -0.1) is 0 Å². The molecule has 0 aliphatic carbocycles. The first-order valence-electron chi connectivity index (χ1n) is 6.58. The summed E-state index contributed by atoms with van der Waals surface area (Å²) in [5, 5.41) is 9.29. The average molecular weight is 355 g/mol. The van der Waals surface area contributed by atoms with Gasteiger partial charge in [0.2, 0.25) is 0 Å². The van der Waals surface area contributed by atoms with Crippen molar-refractivity contribution >= 4 is 15.9 Å². The third kappa shape index (κ3) is 2.61. The lowest BCUT2D eigenvalue weighted by Gasteiger charge is -2.07. The smallest absolute Gasteiger partial charge is 0.267 e. The molecule has 0 spiro atoms. The van der Waals surface area contributed by atoms with Gasteiger partial charge < -0.3 is 9.40 Å². The van der Waals surface area contributed by atoms with Crippen LogP contribution in [0, 0.1) is 18.3 Å². The molecule has 0 radical (unpaired) electrons. The predicted octanol–water partition coefficient (Wildman–Crippen LogP) is 4.24. The maximum absolute atomic E-state index is 12.2. The predicted molar refractivity (Wildman–Crippen MR) is 87.4 cm³/mol. The van der Waals surface area contributed by atoms with Crippen molar-refractivity contribution in [3.8, 4) is 28.7 Å². The van der Waals surface area contributed by atoms with Gasteiger partial charge in [0.25, 0.3) is 5.56 Å². The number of H-pyrrole nitrogens is 1. The van der Waals surface area contributed by atoms with Crippen molar-refractivity contribution in [3.63, 3.8) is 0 Å². The molecule has 0 unspecified atom stereocenters. The summed E-state index contributed by atoms with van der Waals surface area (Å²) < 4.78 is 6.43. The molecular weight excluding hydrogens is 344 g/mol. The number of aromatic amines is 1. The average Bonchev–Trinajstić information content (AvgIpc) is 2.93. The van der Waals surface area contributed by atoms with Crippen molar-refractivity contribution in [2.24, 2.45) is 0 Å². The Kier molecular flexibility index (Phi) is 3.70. The van der Waals surface area contributed by atoms with E-state index in [1.807, 2.05) is 43.3 Å². The van der Waals surface area contributed by atoms with Crippen LogP contribution in [0.4, 0.5) is 0 Å². The lowest BCUT2D eigenvalue weighted by Crippen LogP contribution is -2.12. The molecule has 0 aliphatic rings. The summed E-state index contributed by atoms with van der Waals surface area (Å²) in [5.41, 5.74) is 1.58. The highest BCUT2D eigenvalue weighted by atomic mass is 79.9. The van der Waals surface area contributed by atoms with E-state index in [0.717, 1.165) is 15.8 Å². The summed E-state index contributed by atoms with van der Waals surface area (Å²) in [6.45, 7) is 1.83. The number of hydrogen-bond acceptors (Lipinski definition) is 3. The van der Waals surface area contributed by atoms with E-state index in [9.17, 15) is 10.1 Å². The minimum atomic E-state index is -0.427. The number of aromatic nitrogens is 1. The molecule has 3 rings (SSSR count). The third-order valence-electron chi connectivity index (χ3n) is 3.29. The highest BCUT2D eigenvalue weighted by Gasteiger charge is 2.14. The molecule has 0 atom stereocenters. The molecule has 4 nitrogen and oxygen atoms in total. The first-order chi connectivity index (χ1) is 10.6. The van der Waals surface area contributed by atoms with Crippen LogP contribution in [-0.2, 0) is 0 Å². The van der Waals surface area contributed by atoms with Crippen molar-refractivity contribution in [1.82, 2.24) is 4.98 Å². The van der Waals surface area contributed by atoms with E-state index in [1.165, 1.54) is 0 Å². The lowest BCUT2D eigenvalue weighted by atomic mass is 10.0. The minimum absolute atomic E-state index is 0.0881. The zero-order valence-corrected chi connectivity index (χ0v) is 13.3. The maximum Gasteiger partial charge on any atom is 0.267 e. The Morgan fingerprint density at radius 1 is 1.23 bits per heavy atom. The molecule has 0 bridgehead atoms. The topological polar surface area (TPSA) is 69.8 Å². The number of benzene rings is 1. The van der Waals surface area contributed by atoms with Crippen molar-refractivity contribution in [2.45, 2.75) is 6.92 Å². The molecule has 0 amide bonds. The van der Waals surface area contributed by atoms with Gasteiger partial charge in [0.05, 0.1) is 5.69 Å². The van der Waals surface area contributed by atoms with Crippen LogP contribution in [0.25, 0.3) is 22.6 Å². The first kappa shape index (κ1) is 14.4. The number of hydrogen-bond donors (Lipinski definition) is 1. The van der Waals surface area contributed by atoms with Crippen molar-refractivity contribution in [1.29, 1.82) is 5.26 Å². The number of halogens is 1. The summed E-state index contributed by atoms with van der Waals surface area (Å²) in [6, 6.07) is 14.8. The van der Waals surface area contributed by atoms with Crippen LogP contribution in [0.15, 0.2) is 56.1 Å². The van der Waals surface area contributed by atoms with Crippen LogP contribution in [-0.4, -0.2) is 4.98 Å². The second-order valence-electron chi connectivity index (χ2n) is 4.83. The van der Waals surface area contributed by atoms with E-state index in [4.69, 9.17) is 4.42 Å². The fourth-order valence-corrected chi connectivity index (χ4v) is 2.67. The number of pyridine rings is 1. The number of rotatable bonds is 2. The molecule has 2 heterocycles. The quantitative estimate of drug-likeness (QED) is 0.747. The lowest BCUT2D eigenvalue weighted by molar-refractivity contribution is 0.546.